The number of carbonyl (C=O) groups excluding carboxylic acids is 1. The number of ether oxygens (including phenoxy) is 3. The van der Waals surface area contributed by atoms with E-state index in [0.717, 1.165) is 5.57 Å². The van der Waals surface area contributed by atoms with Crippen LogP contribution < -0.4 is 14.9 Å². The van der Waals surface area contributed by atoms with E-state index in [1.165, 1.54) is 20.3 Å². The Kier molecular flexibility index (Phi) is 7.80. The van der Waals surface area contributed by atoms with Gasteiger partial charge in [0.15, 0.2) is 28.4 Å². The molecule has 0 aliphatic heterocycles. The molecule has 0 bridgehead atoms. The number of aromatic hydroxyl groups is 3. The van der Waals surface area contributed by atoms with Crippen molar-refractivity contribution < 1.29 is 38.7 Å². The Morgan fingerprint density at radius 2 is 1.69 bits per heavy atom. The fourth-order valence-electron chi connectivity index (χ4n) is 4.30. The number of carbonyl (C=O) groups is 1. The second-order valence-electron chi connectivity index (χ2n) is 8.99. The minimum absolute atomic E-state index is 0.0865. The Hall–Kier alpha value is -4.92. The predicted molar refractivity (Wildman–Crippen MR) is 145 cm³/mol. The molecule has 0 saturated heterocycles. The average Bonchev–Trinajstić information content (AvgIpc) is 2.94. The lowest BCUT2D eigenvalue weighted by Gasteiger charge is -2.22. The van der Waals surface area contributed by atoms with E-state index in [1.807, 2.05) is 0 Å². The van der Waals surface area contributed by atoms with Crippen molar-refractivity contribution in [2.45, 2.75) is 19.3 Å². The molecule has 3 N–H and O–H groups in total. The predicted octanol–water partition coefficient (Wildman–Crippen LogP) is 5.24. The molecule has 4 rings (SSSR count). The summed E-state index contributed by atoms with van der Waals surface area (Å²) in [7, 11) is 2.69. The molecule has 0 saturated carbocycles. The Morgan fingerprint density at radius 3 is 2.33 bits per heavy atom. The third kappa shape index (κ3) is 5.38. The molecule has 0 unspecified atom stereocenters. The fourth-order valence-corrected chi connectivity index (χ4v) is 4.30. The monoisotopic (exact) mass is 532 g/mol. The molecule has 0 aliphatic carbocycles. The summed E-state index contributed by atoms with van der Waals surface area (Å²) in [5.74, 6) is -3.22. The maximum Gasteiger partial charge on any atom is 0.306 e. The van der Waals surface area contributed by atoms with Gasteiger partial charge in [0.2, 0.25) is 5.75 Å². The lowest BCUT2D eigenvalue weighted by atomic mass is 9.86. The summed E-state index contributed by atoms with van der Waals surface area (Å²) in [6.45, 7) is 5.83. The Balaban J connectivity index is 2.04. The van der Waals surface area contributed by atoms with Crippen LogP contribution >= 0.6 is 0 Å². The van der Waals surface area contributed by atoms with Gasteiger partial charge in [0, 0.05) is 23.1 Å². The van der Waals surface area contributed by atoms with Gasteiger partial charge in [-0.3, -0.25) is 9.59 Å². The molecule has 9 heteroatoms. The van der Waals surface area contributed by atoms with Crippen molar-refractivity contribution in [3.8, 4) is 40.1 Å². The van der Waals surface area contributed by atoms with Crippen LogP contribution in [0.2, 0.25) is 0 Å². The molecule has 0 aliphatic rings. The summed E-state index contributed by atoms with van der Waals surface area (Å²) >= 11 is 0. The number of rotatable bonds is 9. The van der Waals surface area contributed by atoms with Gasteiger partial charge in [0.1, 0.15) is 23.3 Å². The first-order valence-electron chi connectivity index (χ1n) is 12.0. The number of methoxy groups -OCH3 is 2. The first-order chi connectivity index (χ1) is 18.7. The lowest BCUT2D eigenvalue weighted by Crippen LogP contribution is -2.13. The molecule has 1 heterocycles. The zero-order chi connectivity index (χ0) is 28.3. The molecule has 4 aromatic rings. The van der Waals surface area contributed by atoms with E-state index in [-0.39, 0.29) is 35.3 Å². The standard InChI is InChI=1S/C30H28O9/c1-16(2)15-38-23-12-18(10-11-21(23)36-3)19(13-24(32)37-4)25-27(33)29(35)28(34)26-20(31)14-22(39-30(25)26)17-8-6-5-7-9-17/h5-12,14,19,33-35H,1,13,15H2,2-4H3/t19-/m1/s1. The Morgan fingerprint density at radius 1 is 0.974 bits per heavy atom. The molecular weight excluding hydrogens is 504 g/mol. The normalized spacial score (nSPS) is 11.7. The maximum atomic E-state index is 13.2. The number of benzene rings is 3. The van der Waals surface area contributed by atoms with Crippen molar-refractivity contribution >= 4 is 16.9 Å². The SMILES string of the molecule is C=C(C)COc1cc([C@@H](CC(=O)OC)c2c(O)c(O)c(O)c3c(=O)cc(-c4ccccc4)oc23)ccc1OC. The molecule has 202 valence electrons. The quantitative estimate of drug-likeness (QED) is 0.150. The smallest absolute Gasteiger partial charge is 0.306 e. The maximum absolute atomic E-state index is 13.2. The summed E-state index contributed by atoms with van der Waals surface area (Å²) in [4.78, 5) is 25.8. The molecule has 3 aromatic carbocycles. The van der Waals surface area contributed by atoms with Gasteiger partial charge >= 0.3 is 5.97 Å². The van der Waals surface area contributed by atoms with E-state index < -0.39 is 34.6 Å². The molecule has 0 fully saturated rings. The summed E-state index contributed by atoms with van der Waals surface area (Å²) in [6, 6.07) is 14.8. The molecule has 0 radical (unpaired) electrons. The number of esters is 1. The third-order valence-electron chi connectivity index (χ3n) is 6.20. The first-order valence-corrected chi connectivity index (χ1v) is 12.0. The van der Waals surface area contributed by atoms with E-state index in [9.17, 15) is 24.9 Å². The van der Waals surface area contributed by atoms with Crippen LogP contribution in [0.1, 0.15) is 30.4 Å². The van der Waals surface area contributed by atoms with Gasteiger partial charge in [-0.15, -0.1) is 0 Å². The van der Waals surface area contributed by atoms with E-state index in [0.29, 0.717) is 22.6 Å². The molecule has 1 atom stereocenters. The Labute approximate surface area is 224 Å². The van der Waals surface area contributed by atoms with Gasteiger partial charge in [0.05, 0.1) is 20.6 Å². The van der Waals surface area contributed by atoms with Crippen molar-refractivity contribution in [3.63, 3.8) is 0 Å². The van der Waals surface area contributed by atoms with Gasteiger partial charge in [-0.25, -0.2) is 0 Å². The summed E-state index contributed by atoms with van der Waals surface area (Å²) in [5, 5.41) is 32.0. The summed E-state index contributed by atoms with van der Waals surface area (Å²) < 4.78 is 22.2. The number of hydrogen-bond acceptors (Lipinski definition) is 9. The van der Waals surface area contributed by atoms with Gasteiger partial charge in [0.25, 0.3) is 0 Å². The van der Waals surface area contributed by atoms with E-state index in [1.54, 1.807) is 55.5 Å². The van der Waals surface area contributed by atoms with Crippen molar-refractivity contribution in [3.05, 3.63) is 88.1 Å². The zero-order valence-electron chi connectivity index (χ0n) is 21.7. The minimum atomic E-state index is -1.00. The zero-order valence-corrected chi connectivity index (χ0v) is 21.7. The minimum Gasteiger partial charge on any atom is -0.504 e. The second kappa shape index (κ2) is 11.2. The van der Waals surface area contributed by atoms with Crippen LogP contribution in [-0.2, 0) is 9.53 Å². The highest BCUT2D eigenvalue weighted by molar-refractivity contribution is 5.93. The van der Waals surface area contributed by atoms with Gasteiger partial charge in [-0.1, -0.05) is 43.0 Å². The molecule has 1 aromatic heterocycles. The van der Waals surface area contributed by atoms with Crippen molar-refractivity contribution in [1.82, 2.24) is 0 Å². The van der Waals surface area contributed by atoms with Gasteiger partial charge in [-0.05, 0) is 30.2 Å². The number of phenolic OH excluding ortho intramolecular Hbond substituents is 3. The van der Waals surface area contributed by atoms with E-state index in [4.69, 9.17) is 18.6 Å². The van der Waals surface area contributed by atoms with Gasteiger partial charge in [-0.2, -0.15) is 0 Å². The summed E-state index contributed by atoms with van der Waals surface area (Å²) in [6.07, 6.45) is -0.311. The van der Waals surface area contributed by atoms with E-state index in [2.05, 4.69) is 6.58 Å². The highest BCUT2D eigenvalue weighted by Crippen LogP contribution is 2.50. The molecule has 0 spiro atoms. The van der Waals surface area contributed by atoms with Crippen LogP contribution in [0.4, 0.5) is 0 Å². The topological polar surface area (TPSA) is 136 Å². The third-order valence-corrected chi connectivity index (χ3v) is 6.20. The van der Waals surface area contributed by atoms with Crippen LogP contribution in [0.25, 0.3) is 22.3 Å². The molecular formula is C30H28O9. The van der Waals surface area contributed by atoms with Crippen LogP contribution in [-0.4, -0.2) is 42.1 Å². The lowest BCUT2D eigenvalue weighted by molar-refractivity contribution is -0.140. The molecule has 39 heavy (non-hydrogen) atoms. The van der Waals surface area contributed by atoms with Gasteiger partial charge < -0.3 is 33.9 Å². The number of hydrogen-bond donors (Lipinski definition) is 3. The van der Waals surface area contributed by atoms with E-state index >= 15 is 0 Å². The van der Waals surface area contributed by atoms with Crippen molar-refractivity contribution in [2.75, 3.05) is 20.8 Å². The summed E-state index contributed by atoms with van der Waals surface area (Å²) in [5.41, 5.74) is 0.850. The van der Waals surface area contributed by atoms with Crippen LogP contribution in [0.3, 0.4) is 0 Å². The Bertz CT molecular complexity index is 1600. The molecule has 0 amide bonds. The van der Waals surface area contributed by atoms with Crippen molar-refractivity contribution in [1.29, 1.82) is 0 Å². The highest BCUT2D eigenvalue weighted by Gasteiger charge is 2.31. The largest absolute Gasteiger partial charge is 0.504 e. The van der Waals surface area contributed by atoms with Crippen LogP contribution in [0.5, 0.6) is 28.7 Å². The van der Waals surface area contributed by atoms with Crippen molar-refractivity contribution in [2.24, 2.45) is 0 Å². The van der Waals surface area contributed by atoms with Crippen LogP contribution in [0, 0.1) is 0 Å². The fraction of sp³-hybridized carbons (Fsp3) is 0.200. The molecule has 9 nitrogen and oxygen atoms in total. The second-order valence-corrected chi connectivity index (χ2v) is 8.99. The first kappa shape index (κ1) is 27.1. The average molecular weight is 533 g/mol. The highest BCUT2D eigenvalue weighted by atomic mass is 16.5. The number of fused-ring (bicyclic) bond motifs is 1. The van der Waals surface area contributed by atoms with Crippen LogP contribution in [0.15, 0.2) is 76.0 Å². The number of phenols is 3.